The Kier molecular flexibility index (Phi) is 3.20. The molecule has 0 amide bonds. The van der Waals surface area contributed by atoms with Gasteiger partial charge < -0.3 is 9.84 Å². The topological polar surface area (TPSA) is 79.2 Å². The number of benzene rings is 2. The van der Waals surface area contributed by atoms with Crippen LogP contribution in [0.1, 0.15) is 27.6 Å². The molecule has 27 heavy (non-hydrogen) atoms. The van der Waals surface area contributed by atoms with Gasteiger partial charge in [-0.2, -0.15) is 0 Å². The predicted octanol–water partition coefficient (Wildman–Crippen LogP) is 3.02. The second kappa shape index (κ2) is 5.31. The van der Waals surface area contributed by atoms with Crippen molar-refractivity contribution in [2.45, 2.75) is 17.5 Å². The van der Waals surface area contributed by atoms with Crippen molar-refractivity contribution in [3.63, 3.8) is 0 Å². The number of thioether (sulfide) groups is 1. The lowest BCUT2D eigenvalue weighted by molar-refractivity contribution is 0.0782. The molecule has 7 heteroatoms. The predicted molar refractivity (Wildman–Crippen MR) is 102 cm³/mol. The van der Waals surface area contributed by atoms with Crippen molar-refractivity contribution < 1.29 is 19.4 Å². The number of rotatable bonds is 1. The number of nitrogens with zero attached hydrogens (tertiary/aromatic N) is 2. The highest BCUT2D eigenvalue weighted by molar-refractivity contribution is 8.14. The van der Waals surface area contributed by atoms with Crippen LogP contribution in [0.5, 0.6) is 5.75 Å². The van der Waals surface area contributed by atoms with E-state index >= 15 is 0 Å². The van der Waals surface area contributed by atoms with Gasteiger partial charge in [0, 0.05) is 16.0 Å². The Morgan fingerprint density at radius 2 is 1.81 bits per heavy atom. The quantitative estimate of drug-likeness (QED) is 0.822. The monoisotopic (exact) mass is 378 g/mol. The van der Waals surface area contributed by atoms with E-state index in [2.05, 4.69) is 4.99 Å². The van der Waals surface area contributed by atoms with E-state index < -0.39 is 5.72 Å². The summed E-state index contributed by atoms with van der Waals surface area (Å²) in [6.07, 6.45) is 0. The average molecular weight is 378 g/mol. The van der Waals surface area contributed by atoms with E-state index in [1.165, 1.54) is 18.7 Å². The fraction of sp³-hybridized carbons (Fsp3) is 0.150. The van der Waals surface area contributed by atoms with Crippen molar-refractivity contribution in [3.8, 4) is 5.75 Å². The summed E-state index contributed by atoms with van der Waals surface area (Å²) in [4.78, 5) is 33.0. The molecule has 0 spiro atoms. The van der Waals surface area contributed by atoms with Gasteiger partial charge in [-0.3, -0.25) is 14.5 Å². The molecule has 0 aromatic heterocycles. The number of hydrogen-bond donors (Lipinski definition) is 1. The molecular formula is C20H14N2O4S. The van der Waals surface area contributed by atoms with Gasteiger partial charge in [-0.1, -0.05) is 24.3 Å². The maximum absolute atomic E-state index is 13.1. The molecule has 0 saturated heterocycles. The van der Waals surface area contributed by atoms with E-state index in [0.717, 1.165) is 10.6 Å². The van der Waals surface area contributed by atoms with Gasteiger partial charge in [-0.05, 0) is 36.9 Å². The van der Waals surface area contributed by atoms with E-state index in [-0.39, 0.29) is 22.8 Å². The summed E-state index contributed by atoms with van der Waals surface area (Å²) in [5.74, 6) is -0.0413. The van der Waals surface area contributed by atoms with Crippen molar-refractivity contribution in [1.29, 1.82) is 0 Å². The Hall–Kier alpha value is -2.90. The van der Waals surface area contributed by atoms with Gasteiger partial charge in [0.15, 0.2) is 16.7 Å². The van der Waals surface area contributed by atoms with Gasteiger partial charge in [0.2, 0.25) is 5.78 Å². The van der Waals surface area contributed by atoms with Crippen molar-refractivity contribution in [2.24, 2.45) is 4.99 Å². The molecule has 2 aromatic carbocycles. The number of fused-ring (bicyclic) bond motifs is 4. The molecule has 5 rings (SSSR count). The van der Waals surface area contributed by atoms with E-state index in [0.29, 0.717) is 22.0 Å². The van der Waals surface area contributed by atoms with Crippen LogP contribution in [0.15, 0.2) is 63.6 Å². The summed E-state index contributed by atoms with van der Waals surface area (Å²) in [5, 5.41) is 11.9. The van der Waals surface area contributed by atoms with Crippen molar-refractivity contribution >= 4 is 34.2 Å². The Morgan fingerprint density at radius 3 is 2.52 bits per heavy atom. The van der Waals surface area contributed by atoms with E-state index in [4.69, 9.17) is 4.74 Å². The number of Topliss-reactive ketones (excluding diaryl/α,β-unsaturated/α-hetero) is 2. The Morgan fingerprint density at radius 1 is 1.11 bits per heavy atom. The second-order valence-corrected chi connectivity index (χ2v) is 7.62. The molecule has 1 atom stereocenters. The third-order valence-corrected chi connectivity index (χ3v) is 6.02. The van der Waals surface area contributed by atoms with E-state index in [9.17, 15) is 14.7 Å². The number of anilines is 1. The summed E-state index contributed by atoms with van der Waals surface area (Å²) < 4.78 is 5.26. The Labute approximate surface area is 159 Å². The van der Waals surface area contributed by atoms with E-state index in [1.807, 2.05) is 12.1 Å². The first-order chi connectivity index (χ1) is 12.9. The summed E-state index contributed by atoms with van der Waals surface area (Å²) >= 11 is 1.33. The summed E-state index contributed by atoms with van der Waals surface area (Å²) in [6.45, 7) is 1.52. The number of amidine groups is 1. The molecule has 3 aliphatic rings. The van der Waals surface area contributed by atoms with Crippen LogP contribution in [0.25, 0.3) is 0 Å². The highest BCUT2D eigenvalue weighted by Gasteiger charge is 2.51. The molecule has 134 valence electrons. The van der Waals surface area contributed by atoms with Crippen LogP contribution in [0.3, 0.4) is 0 Å². The van der Waals surface area contributed by atoms with Gasteiger partial charge in [-0.15, -0.1) is 0 Å². The summed E-state index contributed by atoms with van der Waals surface area (Å²) in [6, 6.07) is 12.1. The summed E-state index contributed by atoms with van der Waals surface area (Å²) in [7, 11) is 1.58. The molecule has 0 radical (unpaired) electrons. The minimum absolute atomic E-state index is 0.0132. The fourth-order valence-electron chi connectivity index (χ4n) is 3.74. The molecular weight excluding hydrogens is 364 g/mol. The largest absolute Gasteiger partial charge is 0.497 e. The Balaban J connectivity index is 1.72. The molecule has 0 saturated carbocycles. The molecule has 1 unspecified atom stereocenters. The van der Waals surface area contributed by atoms with Crippen LogP contribution in [0, 0.1) is 0 Å². The first-order valence-corrected chi connectivity index (χ1v) is 9.15. The number of aliphatic imine (C=N–C) groups is 1. The van der Waals surface area contributed by atoms with Crippen LogP contribution in [0.4, 0.5) is 5.69 Å². The third kappa shape index (κ3) is 2.03. The molecule has 1 N–H and O–H groups in total. The van der Waals surface area contributed by atoms with Gasteiger partial charge in [0.25, 0.3) is 0 Å². The van der Waals surface area contributed by atoms with Crippen molar-refractivity contribution in [2.75, 3.05) is 12.0 Å². The minimum Gasteiger partial charge on any atom is -0.497 e. The highest BCUT2D eigenvalue weighted by Crippen LogP contribution is 2.50. The van der Waals surface area contributed by atoms with Crippen LogP contribution in [-0.2, 0) is 0 Å². The zero-order valence-corrected chi connectivity index (χ0v) is 15.3. The second-order valence-electron chi connectivity index (χ2n) is 6.61. The maximum Gasteiger partial charge on any atom is 0.212 e. The molecule has 1 aliphatic carbocycles. The lowest BCUT2D eigenvalue weighted by atomic mass is 9.81. The standard InChI is InChI=1S/C20H14N2O4S/c1-20(25)15-16(18(24)12-6-4-3-5-11(12)17(15)23)21-19-22(20)13-8-7-10(26-2)9-14(13)27-19/h3-9,25H,1-2H3. The highest BCUT2D eigenvalue weighted by atomic mass is 32.2. The lowest BCUT2D eigenvalue weighted by Gasteiger charge is -2.41. The zero-order valence-electron chi connectivity index (χ0n) is 14.5. The number of methoxy groups -OCH3 is 1. The zero-order chi connectivity index (χ0) is 18.9. The van der Waals surface area contributed by atoms with Gasteiger partial charge in [0.1, 0.15) is 11.4 Å². The minimum atomic E-state index is -1.69. The molecule has 2 heterocycles. The number of allylic oxidation sites excluding steroid dienone is 1. The van der Waals surface area contributed by atoms with Crippen molar-refractivity contribution in [1.82, 2.24) is 0 Å². The van der Waals surface area contributed by atoms with Gasteiger partial charge in [0.05, 0.1) is 18.4 Å². The van der Waals surface area contributed by atoms with E-state index in [1.54, 1.807) is 42.3 Å². The molecule has 2 aromatic rings. The lowest BCUT2D eigenvalue weighted by Crippen LogP contribution is -2.54. The number of carbonyl (C=O) groups is 2. The first-order valence-electron chi connectivity index (χ1n) is 8.34. The number of hydrogen-bond acceptors (Lipinski definition) is 7. The molecule has 0 fully saturated rings. The average Bonchev–Trinajstić information content (AvgIpc) is 3.03. The van der Waals surface area contributed by atoms with Gasteiger partial charge in [-0.25, -0.2) is 4.99 Å². The SMILES string of the molecule is COc1ccc2c(c1)SC1=NC3=C(C(=O)c4ccccc4C3=O)C(C)(O)N12. The summed E-state index contributed by atoms with van der Waals surface area (Å²) in [5.41, 5.74) is -0.338. The van der Waals surface area contributed by atoms with Crippen LogP contribution < -0.4 is 9.64 Å². The Bertz CT molecular complexity index is 1120. The maximum atomic E-state index is 13.1. The third-order valence-electron chi connectivity index (χ3n) is 5.01. The van der Waals surface area contributed by atoms with Crippen LogP contribution in [0.2, 0.25) is 0 Å². The fourth-order valence-corrected chi connectivity index (χ4v) is 4.88. The number of aliphatic hydroxyl groups is 1. The van der Waals surface area contributed by atoms with Crippen molar-refractivity contribution in [3.05, 3.63) is 64.9 Å². The molecule has 2 aliphatic heterocycles. The normalized spacial score (nSPS) is 22.8. The van der Waals surface area contributed by atoms with Crippen LogP contribution in [-0.4, -0.2) is 34.7 Å². The molecule has 6 nitrogen and oxygen atoms in total. The smallest absolute Gasteiger partial charge is 0.212 e. The molecule has 0 bridgehead atoms. The van der Waals surface area contributed by atoms with Gasteiger partial charge >= 0.3 is 0 Å². The van der Waals surface area contributed by atoms with Crippen LogP contribution >= 0.6 is 11.8 Å². The first kappa shape index (κ1) is 16.3. The number of ether oxygens (including phenoxy) is 1. The number of ketones is 2. The number of carbonyl (C=O) groups excluding carboxylic acids is 2.